The van der Waals surface area contributed by atoms with Crippen molar-refractivity contribution in [2.24, 2.45) is 0 Å². The summed E-state index contributed by atoms with van der Waals surface area (Å²) >= 11 is 0. The molecule has 1 aliphatic rings. The molecule has 1 aromatic rings. The number of morpholine rings is 1. The Balaban J connectivity index is 2.02. The highest BCUT2D eigenvalue weighted by molar-refractivity contribution is 5.79. The predicted molar refractivity (Wildman–Crippen MR) is 66.7 cm³/mol. The van der Waals surface area contributed by atoms with E-state index in [2.05, 4.69) is 0 Å². The fourth-order valence-corrected chi connectivity index (χ4v) is 2.15. The normalized spacial score (nSPS) is 18.7. The molecule has 2 rings (SSSR count). The Morgan fingerprint density at radius 2 is 2.17 bits per heavy atom. The van der Waals surface area contributed by atoms with Gasteiger partial charge in [0.25, 0.3) is 0 Å². The summed E-state index contributed by atoms with van der Waals surface area (Å²) in [6.07, 6.45) is 0.114. The Hall–Kier alpha value is -1.42. The third-order valence-electron chi connectivity index (χ3n) is 3.08. The third kappa shape index (κ3) is 3.07. The van der Waals surface area contributed by atoms with Crippen molar-refractivity contribution in [3.8, 4) is 0 Å². The zero-order valence-electron chi connectivity index (χ0n) is 10.8. The van der Waals surface area contributed by atoms with Crippen LogP contribution in [-0.4, -0.2) is 36.1 Å². The first kappa shape index (κ1) is 13.0. The average Bonchev–Trinajstić information content (AvgIpc) is 2.31. The first-order valence-corrected chi connectivity index (χ1v) is 6.13. The molecule has 0 saturated carbocycles. The maximum atomic E-state index is 13.5. The van der Waals surface area contributed by atoms with Gasteiger partial charge in [0.15, 0.2) is 0 Å². The second-order valence-corrected chi connectivity index (χ2v) is 5.19. The van der Waals surface area contributed by atoms with Crippen molar-refractivity contribution in [2.45, 2.75) is 25.9 Å². The van der Waals surface area contributed by atoms with Gasteiger partial charge in [0.05, 0.1) is 18.6 Å². The zero-order chi connectivity index (χ0) is 13.2. The van der Waals surface area contributed by atoms with Crippen LogP contribution in [0.15, 0.2) is 24.3 Å². The van der Waals surface area contributed by atoms with Gasteiger partial charge in [-0.2, -0.15) is 0 Å². The summed E-state index contributed by atoms with van der Waals surface area (Å²) in [6.45, 7) is 5.58. The number of halogens is 1. The topological polar surface area (TPSA) is 29.5 Å². The highest BCUT2D eigenvalue weighted by Crippen LogP contribution is 2.18. The molecule has 0 spiro atoms. The van der Waals surface area contributed by atoms with Gasteiger partial charge in [-0.3, -0.25) is 4.79 Å². The van der Waals surface area contributed by atoms with Gasteiger partial charge in [-0.25, -0.2) is 4.39 Å². The molecule has 0 aromatic heterocycles. The van der Waals surface area contributed by atoms with E-state index in [1.807, 2.05) is 13.8 Å². The number of hydrogen-bond acceptors (Lipinski definition) is 2. The van der Waals surface area contributed by atoms with Crippen LogP contribution in [0.1, 0.15) is 19.4 Å². The molecule has 1 amide bonds. The van der Waals surface area contributed by atoms with Crippen LogP contribution in [0.5, 0.6) is 0 Å². The van der Waals surface area contributed by atoms with Crippen LogP contribution in [0.4, 0.5) is 4.39 Å². The molecule has 1 fully saturated rings. The summed E-state index contributed by atoms with van der Waals surface area (Å²) in [5, 5.41) is 0. The SMILES string of the molecule is CC1(C)CN(C(=O)Cc2ccccc2F)CCO1. The predicted octanol–water partition coefficient (Wildman–Crippen LogP) is 2.01. The largest absolute Gasteiger partial charge is 0.372 e. The molecular formula is C14H18FNO2. The molecule has 3 nitrogen and oxygen atoms in total. The maximum Gasteiger partial charge on any atom is 0.227 e. The van der Waals surface area contributed by atoms with Crippen LogP contribution >= 0.6 is 0 Å². The van der Waals surface area contributed by atoms with E-state index < -0.39 is 0 Å². The molecule has 0 aliphatic carbocycles. The molecule has 1 saturated heterocycles. The summed E-state index contributed by atoms with van der Waals surface area (Å²) in [7, 11) is 0. The van der Waals surface area contributed by atoms with E-state index in [4.69, 9.17) is 4.74 Å². The summed E-state index contributed by atoms with van der Waals surface area (Å²) in [5.41, 5.74) is 0.134. The first-order chi connectivity index (χ1) is 8.48. The quantitative estimate of drug-likeness (QED) is 0.804. The highest BCUT2D eigenvalue weighted by atomic mass is 19.1. The number of amides is 1. The molecule has 18 heavy (non-hydrogen) atoms. The maximum absolute atomic E-state index is 13.5. The highest BCUT2D eigenvalue weighted by Gasteiger charge is 2.29. The molecule has 0 radical (unpaired) electrons. The second-order valence-electron chi connectivity index (χ2n) is 5.19. The fourth-order valence-electron chi connectivity index (χ4n) is 2.15. The number of ether oxygens (including phenoxy) is 1. The number of rotatable bonds is 2. The van der Waals surface area contributed by atoms with Gasteiger partial charge >= 0.3 is 0 Å². The molecular weight excluding hydrogens is 233 g/mol. The summed E-state index contributed by atoms with van der Waals surface area (Å²) < 4.78 is 19.0. The molecule has 4 heteroatoms. The standard InChI is InChI=1S/C14H18FNO2/c1-14(2)10-16(7-8-18-14)13(17)9-11-5-3-4-6-12(11)15/h3-6H,7-10H2,1-2H3. The van der Waals surface area contributed by atoms with Crippen molar-refractivity contribution in [1.29, 1.82) is 0 Å². The zero-order valence-corrected chi connectivity index (χ0v) is 10.8. The minimum Gasteiger partial charge on any atom is -0.372 e. The lowest BCUT2D eigenvalue weighted by molar-refractivity contribution is -0.145. The Morgan fingerprint density at radius 1 is 1.44 bits per heavy atom. The van der Waals surface area contributed by atoms with Gasteiger partial charge < -0.3 is 9.64 Å². The van der Waals surface area contributed by atoms with E-state index >= 15 is 0 Å². The lowest BCUT2D eigenvalue weighted by Crippen LogP contribution is -2.51. The molecule has 1 aliphatic heterocycles. The number of carbonyl (C=O) groups excluding carboxylic acids is 1. The smallest absolute Gasteiger partial charge is 0.227 e. The van der Waals surface area contributed by atoms with Gasteiger partial charge in [-0.15, -0.1) is 0 Å². The lowest BCUT2D eigenvalue weighted by atomic mass is 10.1. The lowest BCUT2D eigenvalue weighted by Gasteiger charge is -2.38. The molecule has 98 valence electrons. The van der Waals surface area contributed by atoms with Gasteiger partial charge in [0, 0.05) is 13.1 Å². The minimum atomic E-state index is -0.321. The average molecular weight is 251 g/mol. The van der Waals surface area contributed by atoms with Crippen molar-refractivity contribution >= 4 is 5.91 Å². The Labute approximate surface area is 107 Å². The van der Waals surface area contributed by atoms with Crippen molar-refractivity contribution in [2.75, 3.05) is 19.7 Å². The van der Waals surface area contributed by atoms with Crippen molar-refractivity contribution in [3.05, 3.63) is 35.6 Å². The van der Waals surface area contributed by atoms with Crippen molar-refractivity contribution < 1.29 is 13.9 Å². The number of hydrogen-bond donors (Lipinski definition) is 0. The fraction of sp³-hybridized carbons (Fsp3) is 0.500. The molecule has 1 heterocycles. The molecule has 0 bridgehead atoms. The van der Waals surface area contributed by atoms with E-state index in [1.165, 1.54) is 6.07 Å². The van der Waals surface area contributed by atoms with Crippen LogP contribution in [0.3, 0.4) is 0 Å². The van der Waals surface area contributed by atoms with Crippen molar-refractivity contribution in [3.63, 3.8) is 0 Å². The monoisotopic (exact) mass is 251 g/mol. The van der Waals surface area contributed by atoms with Gasteiger partial charge in [-0.1, -0.05) is 18.2 Å². The van der Waals surface area contributed by atoms with Crippen LogP contribution in [0, 0.1) is 5.82 Å². The van der Waals surface area contributed by atoms with Gasteiger partial charge in [0.2, 0.25) is 5.91 Å². The Bertz CT molecular complexity index is 445. The van der Waals surface area contributed by atoms with Gasteiger partial charge in [-0.05, 0) is 25.5 Å². The molecule has 0 unspecified atom stereocenters. The minimum absolute atomic E-state index is 0.0449. The number of nitrogens with zero attached hydrogens (tertiary/aromatic N) is 1. The summed E-state index contributed by atoms with van der Waals surface area (Å²) in [5.74, 6) is -0.366. The van der Waals surface area contributed by atoms with E-state index in [0.29, 0.717) is 25.3 Å². The Morgan fingerprint density at radius 3 is 2.83 bits per heavy atom. The van der Waals surface area contributed by atoms with E-state index in [9.17, 15) is 9.18 Å². The van der Waals surface area contributed by atoms with Crippen molar-refractivity contribution in [1.82, 2.24) is 4.90 Å². The van der Waals surface area contributed by atoms with Crippen LogP contribution in [0.2, 0.25) is 0 Å². The van der Waals surface area contributed by atoms with E-state index in [1.54, 1.807) is 23.1 Å². The van der Waals surface area contributed by atoms with E-state index in [0.717, 1.165) is 0 Å². The second kappa shape index (κ2) is 5.06. The van der Waals surface area contributed by atoms with E-state index in [-0.39, 0.29) is 23.7 Å². The van der Waals surface area contributed by atoms with Crippen LogP contribution in [-0.2, 0) is 16.0 Å². The van der Waals surface area contributed by atoms with Gasteiger partial charge in [0.1, 0.15) is 5.82 Å². The molecule has 0 N–H and O–H groups in total. The summed E-state index contributed by atoms with van der Waals surface area (Å²) in [4.78, 5) is 13.9. The number of benzene rings is 1. The Kier molecular flexibility index (Phi) is 3.66. The van der Waals surface area contributed by atoms with Crippen LogP contribution < -0.4 is 0 Å². The van der Waals surface area contributed by atoms with Crippen LogP contribution in [0.25, 0.3) is 0 Å². The first-order valence-electron chi connectivity index (χ1n) is 6.13. The molecule has 0 atom stereocenters. The summed E-state index contributed by atoms with van der Waals surface area (Å²) in [6, 6.07) is 6.40. The molecule has 1 aromatic carbocycles. The third-order valence-corrected chi connectivity index (χ3v) is 3.08. The number of carbonyl (C=O) groups is 1.